The molecule has 0 heterocycles. The van der Waals surface area contributed by atoms with Crippen LogP contribution in [-0.4, -0.2) is 11.6 Å². The second kappa shape index (κ2) is 4.52. The van der Waals surface area contributed by atoms with Gasteiger partial charge in [0.2, 0.25) is 0 Å². The molecule has 0 bridgehead atoms. The molecule has 1 rings (SSSR count). The van der Waals surface area contributed by atoms with E-state index in [1.54, 1.807) is 18.2 Å². The Morgan fingerprint density at radius 2 is 2.00 bits per heavy atom. The zero-order valence-electron chi connectivity index (χ0n) is 10.3. The number of rotatable bonds is 2. The van der Waals surface area contributed by atoms with Gasteiger partial charge in [0.25, 0.3) is 0 Å². The molecule has 0 unspecified atom stereocenters. The summed E-state index contributed by atoms with van der Waals surface area (Å²) in [6.45, 7) is 11.3. The Hall–Kier alpha value is -1.57. The first-order chi connectivity index (χ1) is 7.33. The van der Waals surface area contributed by atoms with Crippen molar-refractivity contribution in [2.75, 3.05) is 0 Å². The molecule has 0 radical (unpaired) electrons. The first-order valence-electron chi connectivity index (χ1n) is 5.30. The van der Waals surface area contributed by atoms with Crippen molar-refractivity contribution in [2.24, 2.45) is 0 Å². The summed E-state index contributed by atoms with van der Waals surface area (Å²) in [5.41, 5.74) is 2.16. The van der Waals surface area contributed by atoms with Gasteiger partial charge in [-0.15, -0.1) is 0 Å². The minimum atomic E-state index is -0.462. The van der Waals surface area contributed by atoms with Crippen molar-refractivity contribution < 1.29 is 9.53 Å². The molecule has 0 N–H and O–H groups in total. The number of carbonyl (C=O) groups is 1. The number of hydrogen-bond donors (Lipinski definition) is 0. The minimum Gasteiger partial charge on any atom is -0.456 e. The lowest BCUT2D eigenvalue weighted by Gasteiger charge is -2.19. The van der Waals surface area contributed by atoms with Gasteiger partial charge in [0.05, 0.1) is 5.56 Å². The maximum absolute atomic E-state index is 11.8. The van der Waals surface area contributed by atoms with Crippen molar-refractivity contribution in [3.63, 3.8) is 0 Å². The average Bonchev–Trinajstić information content (AvgIpc) is 2.15. The van der Waals surface area contributed by atoms with Crippen LogP contribution in [0.4, 0.5) is 0 Å². The fourth-order valence-electron chi connectivity index (χ4n) is 1.32. The summed E-state index contributed by atoms with van der Waals surface area (Å²) < 4.78 is 5.29. The topological polar surface area (TPSA) is 26.3 Å². The summed E-state index contributed by atoms with van der Waals surface area (Å²) in [4.78, 5) is 11.8. The summed E-state index contributed by atoms with van der Waals surface area (Å²) in [5.74, 6) is -0.296. The molecule has 2 heteroatoms. The number of ether oxygens (including phenoxy) is 1. The van der Waals surface area contributed by atoms with Gasteiger partial charge >= 0.3 is 5.97 Å². The predicted octanol–water partition coefficient (Wildman–Crippen LogP) is 3.59. The largest absolute Gasteiger partial charge is 0.456 e. The van der Waals surface area contributed by atoms with Crippen molar-refractivity contribution in [3.05, 3.63) is 41.5 Å². The van der Waals surface area contributed by atoms with Crippen LogP contribution in [0.1, 0.15) is 42.3 Å². The van der Waals surface area contributed by atoms with Gasteiger partial charge in [0.15, 0.2) is 0 Å². The summed E-state index contributed by atoms with van der Waals surface area (Å²) >= 11 is 0. The Bertz CT molecular complexity index is 411. The molecular weight excluding hydrogens is 200 g/mol. The fraction of sp³-hybridized carbons (Fsp3) is 0.357. The predicted molar refractivity (Wildman–Crippen MR) is 66.4 cm³/mol. The van der Waals surface area contributed by atoms with Crippen LogP contribution in [0.3, 0.4) is 0 Å². The highest BCUT2D eigenvalue weighted by Crippen LogP contribution is 2.16. The van der Waals surface area contributed by atoms with Crippen LogP contribution in [0.25, 0.3) is 6.08 Å². The van der Waals surface area contributed by atoms with Crippen LogP contribution in [0.5, 0.6) is 0 Å². The molecule has 1 aromatic carbocycles. The van der Waals surface area contributed by atoms with Gasteiger partial charge in [-0.1, -0.05) is 18.7 Å². The van der Waals surface area contributed by atoms with Gasteiger partial charge in [-0.25, -0.2) is 4.79 Å². The van der Waals surface area contributed by atoms with Crippen LogP contribution in [-0.2, 0) is 4.74 Å². The summed E-state index contributed by atoms with van der Waals surface area (Å²) in [6.07, 6.45) is 1.74. The minimum absolute atomic E-state index is 0.296. The number of hydrogen-bond acceptors (Lipinski definition) is 2. The Morgan fingerprint density at radius 3 is 2.50 bits per heavy atom. The number of aryl methyl sites for hydroxylation is 1. The first-order valence-corrected chi connectivity index (χ1v) is 5.30. The Kier molecular flexibility index (Phi) is 3.53. The summed E-state index contributed by atoms with van der Waals surface area (Å²) in [5, 5.41) is 0. The molecule has 2 nitrogen and oxygen atoms in total. The quantitative estimate of drug-likeness (QED) is 0.709. The molecule has 0 fully saturated rings. The highest BCUT2D eigenvalue weighted by molar-refractivity contribution is 5.90. The van der Waals surface area contributed by atoms with E-state index >= 15 is 0 Å². The maximum Gasteiger partial charge on any atom is 0.338 e. The van der Waals surface area contributed by atoms with Crippen molar-refractivity contribution in [1.82, 2.24) is 0 Å². The van der Waals surface area contributed by atoms with E-state index in [4.69, 9.17) is 4.74 Å². The Labute approximate surface area is 96.9 Å². The van der Waals surface area contributed by atoms with Gasteiger partial charge in [0.1, 0.15) is 5.60 Å². The smallest absolute Gasteiger partial charge is 0.338 e. The first kappa shape index (κ1) is 12.5. The molecule has 0 atom stereocenters. The molecule has 0 amide bonds. The fourth-order valence-corrected chi connectivity index (χ4v) is 1.32. The van der Waals surface area contributed by atoms with Crippen LogP contribution in [0.15, 0.2) is 24.8 Å². The van der Waals surface area contributed by atoms with Crippen LogP contribution in [0.2, 0.25) is 0 Å². The lowest BCUT2D eigenvalue weighted by Crippen LogP contribution is -2.23. The Morgan fingerprint density at radius 1 is 1.38 bits per heavy atom. The highest BCUT2D eigenvalue weighted by atomic mass is 16.6. The molecule has 16 heavy (non-hydrogen) atoms. The standard InChI is InChI=1S/C14H18O2/c1-6-11-9-12(8-7-10(11)2)13(15)16-14(3,4)5/h6-9H,1H2,2-5H3. The van der Waals surface area contributed by atoms with Gasteiger partial charge < -0.3 is 4.74 Å². The second-order valence-electron chi connectivity index (χ2n) is 4.78. The molecule has 0 saturated carbocycles. The molecule has 0 aromatic heterocycles. The molecule has 0 aliphatic carbocycles. The third-order valence-electron chi connectivity index (χ3n) is 2.13. The molecular formula is C14H18O2. The molecule has 0 saturated heterocycles. The monoisotopic (exact) mass is 218 g/mol. The molecule has 0 aliphatic heterocycles. The van der Waals surface area contributed by atoms with E-state index < -0.39 is 5.60 Å². The third kappa shape index (κ3) is 3.23. The van der Waals surface area contributed by atoms with E-state index in [1.165, 1.54) is 0 Å². The SMILES string of the molecule is C=Cc1cc(C(=O)OC(C)(C)C)ccc1C. The maximum atomic E-state index is 11.8. The van der Waals surface area contributed by atoms with E-state index in [9.17, 15) is 4.79 Å². The third-order valence-corrected chi connectivity index (χ3v) is 2.13. The van der Waals surface area contributed by atoms with Gasteiger partial charge in [-0.3, -0.25) is 0 Å². The Balaban J connectivity index is 2.97. The lowest BCUT2D eigenvalue weighted by atomic mass is 10.0. The number of esters is 1. The van der Waals surface area contributed by atoms with Gasteiger partial charge in [-0.05, 0) is 51.0 Å². The number of carbonyl (C=O) groups excluding carboxylic acids is 1. The molecule has 0 spiro atoms. The van der Waals surface area contributed by atoms with E-state index in [1.807, 2.05) is 33.8 Å². The van der Waals surface area contributed by atoms with Crippen molar-refractivity contribution in [2.45, 2.75) is 33.3 Å². The van der Waals surface area contributed by atoms with Gasteiger partial charge in [0, 0.05) is 0 Å². The van der Waals surface area contributed by atoms with E-state index in [2.05, 4.69) is 6.58 Å². The molecule has 86 valence electrons. The summed E-state index contributed by atoms with van der Waals surface area (Å²) in [6, 6.07) is 5.48. The van der Waals surface area contributed by atoms with Gasteiger partial charge in [-0.2, -0.15) is 0 Å². The second-order valence-corrected chi connectivity index (χ2v) is 4.78. The van der Waals surface area contributed by atoms with E-state index in [0.717, 1.165) is 11.1 Å². The zero-order valence-corrected chi connectivity index (χ0v) is 10.3. The molecule has 0 aliphatic rings. The van der Waals surface area contributed by atoms with Crippen molar-refractivity contribution in [1.29, 1.82) is 0 Å². The van der Waals surface area contributed by atoms with E-state index in [0.29, 0.717) is 5.56 Å². The average molecular weight is 218 g/mol. The zero-order chi connectivity index (χ0) is 12.3. The summed E-state index contributed by atoms with van der Waals surface area (Å²) in [7, 11) is 0. The van der Waals surface area contributed by atoms with Crippen LogP contribution >= 0.6 is 0 Å². The van der Waals surface area contributed by atoms with Crippen molar-refractivity contribution in [3.8, 4) is 0 Å². The lowest BCUT2D eigenvalue weighted by molar-refractivity contribution is 0.00695. The molecule has 1 aromatic rings. The van der Waals surface area contributed by atoms with Crippen LogP contribution in [0, 0.1) is 6.92 Å². The van der Waals surface area contributed by atoms with E-state index in [-0.39, 0.29) is 5.97 Å². The van der Waals surface area contributed by atoms with Crippen LogP contribution < -0.4 is 0 Å². The normalized spacial score (nSPS) is 11.0. The number of benzene rings is 1. The highest BCUT2D eigenvalue weighted by Gasteiger charge is 2.17. The van der Waals surface area contributed by atoms with Crippen molar-refractivity contribution >= 4 is 12.0 Å².